The molecule has 144 valence electrons. The predicted octanol–water partition coefficient (Wildman–Crippen LogP) is 3.73. The van der Waals surface area contributed by atoms with Crippen molar-refractivity contribution in [3.63, 3.8) is 0 Å². The van der Waals surface area contributed by atoms with Gasteiger partial charge in [0, 0.05) is 17.8 Å². The Kier molecular flexibility index (Phi) is 5.09. The van der Waals surface area contributed by atoms with Crippen LogP contribution in [0.4, 0.5) is 5.69 Å². The molecule has 2 aromatic carbocycles. The van der Waals surface area contributed by atoms with Crippen LogP contribution in [-0.2, 0) is 11.2 Å². The molecule has 2 atom stereocenters. The van der Waals surface area contributed by atoms with E-state index < -0.39 is 0 Å². The number of methoxy groups -OCH3 is 1. The monoisotopic (exact) mass is 394 g/mol. The summed E-state index contributed by atoms with van der Waals surface area (Å²) in [7, 11) is 1.64. The van der Waals surface area contributed by atoms with Crippen LogP contribution in [0.1, 0.15) is 19.4 Å². The van der Waals surface area contributed by atoms with E-state index in [0.717, 1.165) is 23.5 Å². The second-order valence-electron chi connectivity index (χ2n) is 6.84. The molecule has 7 heteroatoms. The first-order valence-corrected chi connectivity index (χ1v) is 10.1. The number of rotatable bonds is 5. The maximum Gasteiger partial charge on any atom is 0.240 e. The smallest absolute Gasteiger partial charge is 0.240 e. The van der Waals surface area contributed by atoms with Gasteiger partial charge in [-0.05, 0) is 44.0 Å². The summed E-state index contributed by atoms with van der Waals surface area (Å²) in [6, 6.07) is 16.0. The minimum absolute atomic E-state index is 0.0858. The van der Waals surface area contributed by atoms with Crippen molar-refractivity contribution >= 4 is 23.4 Å². The van der Waals surface area contributed by atoms with E-state index in [1.165, 1.54) is 17.3 Å². The first kappa shape index (κ1) is 18.6. The number of amides is 1. The summed E-state index contributed by atoms with van der Waals surface area (Å²) in [4.78, 5) is 15.1. The molecule has 1 amide bonds. The standard InChI is InChI=1S/C21H22N4O2S/c1-14-11-16-7-4-5-10-19(16)25(14)20(26)15(2)28-21-23-22-13-24(21)17-8-6-9-18(12-17)27-3/h4-10,12-15H,11H2,1-3H3/t14-,15+/m0/s1. The average Bonchev–Trinajstić information content (AvgIpc) is 3.30. The van der Waals surface area contributed by atoms with Crippen LogP contribution in [0.5, 0.6) is 5.75 Å². The highest BCUT2D eigenvalue weighted by Gasteiger charge is 2.33. The zero-order valence-corrected chi connectivity index (χ0v) is 16.9. The van der Waals surface area contributed by atoms with E-state index in [4.69, 9.17) is 4.74 Å². The normalized spacial score (nSPS) is 16.7. The van der Waals surface area contributed by atoms with Crippen molar-refractivity contribution < 1.29 is 9.53 Å². The number of thioether (sulfide) groups is 1. The van der Waals surface area contributed by atoms with Crippen molar-refractivity contribution in [1.82, 2.24) is 14.8 Å². The van der Waals surface area contributed by atoms with E-state index in [0.29, 0.717) is 5.16 Å². The highest BCUT2D eigenvalue weighted by molar-refractivity contribution is 8.00. The summed E-state index contributed by atoms with van der Waals surface area (Å²) in [5, 5.41) is 8.65. The van der Waals surface area contributed by atoms with Crippen LogP contribution in [0.15, 0.2) is 60.0 Å². The lowest BCUT2D eigenvalue weighted by molar-refractivity contribution is -0.118. The maximum absolute atomic E-state index is 13.2. The Morgan fingerprint density at radius 3 is 2.89 bits per heavy atom. The molecule has 0 unspecified atom stereocenters. The molecule has 0 bridgehead atoms. The summed E-state index contributed by atoms with van der Waals surface area (Å²) in [6.45, 7) is 4.01. The fourth-order valence-corrected chi connectivity index (χ4v) is 4.44. The van der Waals surface area contributed by atoms with Gasteiger partial charge >= 0.3 is 0 Å². The van der Waals surface area contributed by atoms with Gasteiger partial charge in [-0.25, -0.2) is 0 Å². The van der Waals surface area contributed by atoms with Gasteiger partial charge in [0.2, 0.25) is 5.91 Å². The first-order valence-electron chi connectivity index (χ1n) is 9.20. The van der Waals surface area contributed by atoms with Gasteiger partial charge in [0.15, 0.2) is 5.16 Å². The lowest BCUT2D eigenvalue weighted by Gasteiger charge is -2.25. The van der Waals surface area contributed by atoms with Crippen LogP contribution in [-0.4, -0.2) is 39.1 Å². The lowest BCUT2D eigenvalue weighted by atomic mass is 10.1. The zero-order chi connectivity index (χ0) is 19.7. The first-order chi connectivity index (χ1) is 13.6. The summed E-state index contributed by atoms with van der Waals surface area (Å²) < 4.78 is 7.18. The van der Waals surface area contributed by atoms with Crippen molar-refractivity contribution in [2.45, 2.75) is 36.7 Å². The van der Waals surface area contributed by atoms with E-state index in [1.807, 2.05) is 58.9 Å². The van der Waals surface area contributed by atoms with E-state index in [1.54, 1.807) is 13.4 Å². The highest BCUT2D eigenvalue weighted by Crippen LogP contribution is 2.35. The maximum atomic E-state index is 13.2. The Bertz CT molecular complexity index is 1000. The number of carbonyl (C=O) groups is 1. The van der Waals surface area contributed by atoms with Crippen molar-refractivity contribution in [3.8, 4) is 11.4 Å². The van der Waals surface area contributed by atoms with Gasteiger partial charge in [-0.2, -0.15) is 0 Å². The van der Waals surface area contributed by atoms with Crippen molar-refractivity contribution in [3.05, 3.63) is 60.4 Å². The Balaban J connectivity index is 1.56. The quantitative estimate of drug-likeness (QED) is 0.617. The molecule has 1 aromatic heterocycles. The van der Waals surface area contributed by atoms with Gasteiger partial charge in [-0.15, -0.1) is 10.2 Å². The lowest BCUT2D eigenvalue weighted by Crippen LogP contribution is -2.40. The Hall–Kier alpha value is -2.80. The van der Waals surface area contributed by atoms with Gasteiger partial charge in [-0.3, -0.25) is 9.36 Å². The minimum atomic E-state index is -0.290. The molecule has 0 aliphatic carbocycles. The molecule has 1 aliphatic heterocycles. The molecular weight excluding hydrogens is 372 g/mol. The zero-order valence-electron chi connectivity index (χ0n) is 16.1. The van der Waals surface area contributed by atoms with Crippen LogP contribution in [0.3, 0.4) is 0 Å². The second kappa shape index (κ2) is 7.67. The number of carbonyl (C=O) groups excluding carboxylic acids is 1. The Labute approximate surface area is 168 Å². The van der Waals surface area contributed by atoms with Crippen LogP contribution >= 0.6 is 11.8 Å². The van der Waals surface area contributed by atoms with E-state index in [2.05, 4.69) is 23.2 Å². The van der Waals surface area contributed by atoms with Gasteiger partial charge in [0.25, 0.3) is 0 Å². The number of aromatic nitrogens is 3. The second-order valence-corrected chi connectivity index (χ2v) is 8.14. The number of para-hydroxylation sites is 1. The summed E-state index contributed by atoms with van der Waals surface area (Å²) in [5.41, 5.74) is 3.13. The summed E-state index contributed by atoms with van der Waals surface area (Å²) in [5.74, 6) is 0.844. The van der Waals surface area contributed by atoms with E-state index in [-0.39, 0.29) is 17.2 Å². The van der Waals surface area contributed by atoms with Gasteiger partial charge in [0.1, 0.15) is 12.1 Å². The largest absolute Gasteiger partial charge is 0.497 e. The fraction of sp³-hybridized carbons (Fsp3) is 0.286. The topological polar surface area (TPSA) is 60.2 Å². The molecule has 4 rings (SSSR count). The molecule has 0 saturated carbocycles. The van der Waals surface area contributed by atoms with Crippen LogP contribution in [0.2, 0.25) is 0 Å². The molecule has 0 saturated heterocycles. The molecular formula is C21H22N4O2S. The minimum Gasteiger partial charge on any atom is -0.497 e. The third-order valence-corrected chi connectivity index (χ3v) is 5.97. The fourth-order valence-electron chi connectivity index (χ4n) is 3.55. The molecule has 1 aliphatic rings. The molecule has 0 spiro atoms. The molecule has 28 heavy (non-hydrogen) atoms. The number of hydrogen-bond acceptors (Lipinski definition) is 5. The molecule has 6 nitrogen and oxygen atoms in total. The van der Waals surface area contributed by atoms with Gasteiger partial charge in [0.05, 0.1) is 18.0 Å². The average molecular weight is 395 g/mol. The Morgan fingerprint density at radius 1 is 1.25 bits per heavy atom. The SMILES string of the molecule is COc1cccc(-n2cnnc2S[C@H](C)C(=O)N2c3ccccc3C[C@@H]2C)c1. The van der Waals surface area contributed by atoms with E-state index in [9.17, 15) is 4.79 Å². The predicted molar refractivity (Wildman–Crippen MR) is 110 cm³/mol. The number of ether oxygens (including phenoxy) is 1. The molecule has 2 heterocycles. The van der Waals surface area contributed by atoms with Crippen molar-refractivity contribution in [2.75, 3.05) is 12.0 Å². The molecule has 0 fully saturated rings. The van der Waals surface area contributed by atoms with Crippen LogP contribution in [0.25, 0.3) is 5.69 Å². The number of benzene rings is 2. The third kappa shape index (κ3) is 3.38. The third-order valence-electron chi connectivity index (χ3n) is 4.92. The van der Waals surface area contributed by atoms with Crippen LogP contribution < -0.4 is 9.64 Å². The van der Waals surface area contributed by atoms with Crippen LogP contribution in [0, 0.1) is 0 Å². The Morgan fingerprint density at radius 2 is 2.07 bits per heavy atom. The van der Waals surface area contributed by atoms with E-state index >= 15 is 0 Å². The number of nitrogens with zero attached hydrogens (tertiary/aromatic N) is 4. The molecule has 3 aromatic rings. The van der Waals surface area contributed by atoms with Crippen molar-refractivity contribution in [1.29, 1.82) is 0 Å². The van der Waals surface area contributed by atoms with Gasteiger partial charge < -0.3 is 9.64 Å². The summed E-state index contributed by atoms with van der Waals surface area (Å²) >= 11 is 1.41. The highest BCUT2D eigenvalue weighted by atomic mass is 32.2. The molecule has 0 radical (unpaired) electrons. The van der Waals surface area contributed by atoms with Crippen molar-refractivity contribution in [2.24, 2.45) is 0 Å². The number of anilines is 1. The summed E-state index contributed by atoms with van der Waals surface area (Å²) in [6.07, 6.45) is 2.54. The number of hydrogen-bond donors (Lipinski definition) is 0. The van der Waals surface area contributed by atoms with Gasteiger partial charge in [-0.1, -0.05) is 36.0 Å². The molecule has 0 N–H and O–H groups in total. The number of fused-ring (bicyclic) bond motifs is 1.